The highest BCUT2D eigenvalue weighted by atomic mass is 16.5. The molecule has 7 nitrogen and oxygen atoms in total. The van der Waals surface area contributed by atoms with Gasteiger partial charge in [-0.05, 0) is 12.8 Å². The van der Waals surface area contributed by atoms with Crippen LogP contribution in [0.2, 0.25) is 0 Å². The SMILES string of the molecule is Cc1nc2c(ncn2C2OC(CO)C(C)C2C)c(=O)[nH]1. The lowest BCUT2D eigenvalue weighted by Crippen LogP contribution is -2.19. The third-order valence-electron chi connectivity index (χ3n) is 4.18. The average molecular weight is 278 g/mol. The van der Waals surface area contributed by atoms with Crippen LogP contribution in [0.5, 0.6) is 0 Å². The van der Waals surface area contributed by atoms with Gasteiger partial charge in [-0.1, -0.05) is 13.8 Å². The van der Waals surface area contributed by atoms with E-state index < -0.39 is 0 Å². The maximum atomic E-state index is 11.8. The maximum absolute atomic E-state index is 11.8. The number of aliphatic hydroxyl groups excluding tert-OH is 1. The number of ether oxygens (including phenoxy) is 1. The fraction of sp³-hybridized carbons (Fsp3) is 0.615. The fourth-order valence-electron chi connectivity index (χ4n) is 2.78. The number of hydrogen-bond donors (Lipinski definition) is 2. The molecule has 0 radical (unpaired) electrons. The molecule has 20 heavy (non-hydrogen) atoms. The highest BCUT2D eigenvalue weighted by Gasteiger charge is 2.40. The molecule has 0 saturated carbocycles. The summed E-state index contributed by atoms with van der Waals surface area (Å²) in [6.45, 7) is 5.84. The number of rotatable bonds is 2. The molecule has 4 unspecified atom stereocenters. The number of aliphatic hydroxyl groups is 1. The minimum Gasteiger partial charge on any atom is -0.394 e. The van der Waals surface area contributed by atoms with Crippen LogP contribution in [0.25, 0.3) is 11.2 Å². The van der Waals surface area contributed by atoms with Crippen molar-refractivity contribution in [1.29, 1.82) is 0 Å². The van der Waals surface area contributed by atoms with Crippen LogP contribution in [0.15, 0.2) is 11.1 Å². The summed E-state index contributed by atoms with van der Waals surface area (Å²) in [6, 6.07) is 0. The van der Waals surface area contributed by atoms with Crippen molar-refractivity contribution in [2.24, 2.45) is 11.8 Å². The van der Waals surface area contributed by atoms with Gasteiger partial charge in [0.05, 0.1) is 19.0 Å². The van der Waals surface area contributed by atoms with Crippen molar-refractivity contribution in [3.63, 3.8) is 0 Å². The van der Waals surface area contributed by atoms with E-state index in [-0.39, 0.29) is 36.3 Å². The Kier molecular flexibility index (Phi) is 3.10. The highest BCUT2D eigenvalue weighted by Crippen LogP contribution is 2.39. The molecule has 1 saturated heterocycles. The van der Waals surface area contributed by atoms with Crippen LogP contribution in [0.3, 0.4) is 0 Å². The van der Waals surface area contributed by atoms with Gasteiger partial charge in [0.15, 0.2) is 11.2 Å². The molecule has 2 aromatic heterocycles. The summed E-state index contributed by atoms with van der Waals surface area (Å²) in [5.74, 6) is 0.971. The number of aromatic nitrogens is 4. The summed E-state index contributed by atoms with van der Waals surface area (Å²) in [4.78, 5) is 23.0. The standard InChI is InChI=1S/C13H18N4O3/c1-6-7(2)13(20-9(6)4-18)17-5-14-10-11(17)15-8(3)16-12(10)19/h5-7,9,13,18H,4H2,1-3H3,(H,15,16,19). The number of nitrogens with zero attached hydrogens (tertiary/aromatic N) is 3. The molecular formula is C13H18N4O3. The molecule has 0 amide bonds. The van der Waals surface area contributed by atoms with Gasteiger partial charge in [-0.15, -0.1) is 0 Å². The van der Waals surface area contributed by atoms with E-state index in [1.165, 1.54) is 0 Å². The van der Waals surface area contributed by atoms with Crippen LogP contribution in [-0.4, -0.2) is 37.3 Å². The molecule has 1 aliphatic rings. The van der Waals surface area contributed by atoms with E-state index in [9.17, 15) is 9.90 Å². The Hall–Kier alpha value is -1.73. The molecular weight excluding hydrogens is 260 g/mol. The van der Waals surface area contributed by atoms with Gasteiger partial charge in [0.25, 0.3) is 5.56 Å². The van der Waals surface area contributed by atoms with Crippen molar-refractivity contribution in [1.82, 2.24) is 19.5 Å². The molecule has 2 aromatic rings. The quantitative estimate of drug-likeness (QED) is 0.838. The van der Waals surface area contributed by atoms with Crippen LogP contribution in [0, 0.1) is 18.8 Å². The predicted molar refractivity (Wildman–Crippen MR) is 72.2 cm³/mol. The van der Waals surface area contributed by atoms with Crippen LogP contribution in [0.1, 0.15) is 25.9 Å². The Morgan fingerprint density at radius 1 is 1.45 bits per heavy atom. The van der Waals surface area contributed by atoms with Gasteiger partial charge in [0, 0.05) is 5.92 Å². The van der Waals surface area contributed by atoms with Crippen molar-refractivity contribution < 1.29 is 9.84 Å². The first kappa shape index (κ1) is 13.3. The van der Waals surface area contributed by atoms with Crippen molar-refractivity contribution in [3.05, 3.63) is 22.5 Å². The lowest BCUT2D eigenvalue weighted by molar-refractivity contribution is -0.0336. The molecule has 1 aliphatic heterocycles. The molecule has 1 fully saturated rings. The first-order valence-corrected chi connectivity index (χ1v) is 6.72. The van der Waals surface area contributed by atoms with E-state index in [1.807, 2.05) is 0 Å². The third-order valence-corrected chi connectivity index (χ3v) is 4.18. The Morgan fingerprint density at radius 2 is 2.20 bits per heavy atom. The zero-order chi connectivity index (χ0) is 14.4. The van der Waals surface area contributed by atoms with Gasteiger partial charge in [0.2, 0.25) is 0 Å². The van der Waals surface area contributed by atoms with Gasteiger partial charge in [-0.25, -0.2) is 9.97 Å². The molecule has 2 N–H and O–H groups in total. The molecule has 0 spiro atoms. The van der Waals surface area contributed by atoms with Gasteiger partial charge in [0.1, 0.15) is 12.1 Å². The highest BCUT2D eigenvalue weighted by molar-refractivity contribution is 5.69. The number of fused-ring (bicyclic) bond motifs is 1. The molecule has 0 aliphatic carbocycles. The van der Waals surface area contributed by atoms with Gasteiger partial charge < -0.3 is 14.8 Å². The van der Waals surface area contributed by atoms with E-state index >= 15 is 0 Å². The topological polar surface area (TPSA) is 93.0 Å². The minimum absolute atomic E-state index is 0.0122. The van der Waals surface area contributed by atoms with E-state index in [0.717, 1.165) is 0 Å². The molecule has 0 aromatic carbocycles. The summed E-state index contributed by atoms with van der Waals surface area (Å²) in [5.41, 5.74) is 0.587. The molecule has 4 atom stereocenters. The van der Waals surface area contributed by atoms with E-state index in [2.05, 4.69) is 28.8 Å². The third kappa shape index (κ3) is 1.85. The Labute approximate surface area is 115 Å². The lowest BCUT2D eigenvalue weighted by atomic mass is 9.93. The molecule has 0 bridgehead atoms. The summed E-state index contributed by atoms with van der Waals surface area (Å²) in [5, 5.41) is 9.35. The number of imidazole rings is 1. The zero-order valence-electron chi connectivity index (χ0n) is 11.7. The monoisotopic (exact) mass is 278 g/mol. The molecule has 3 heterocycles. The first-order valence-electron chi connectivity index (χ1n) is 6.72. The van der Waals surface area contributed by atoms with Gasteiger partial charge in [-0.3, -0.25) is 9.36 Å². The summed E-state index contributed by atoms with van der Waals surface area (Å²) >= 11 is 0. The Balaban J connectivity index is 2.09. The number of aryl methyl sites for hydroxylation is 1. The minimum atomic E-state index is -0.263. The number of hydrogen-bond acceptors (Lipinski definition) is 5. The van der Waals surface area contributed by atoms with Crippen LogP contribution >= 0.6 is 0 Å². The lowest BCUT2D eigenvalue weighted by Gasteiger charge is -2.17. The Morgan fingerprint density at radius 3 is 2.85 bits per heavy atom. The molecule has 108 valence electrons. The average Bonchev–Trinajstić information content (AvgIpc) is 2.93. The molecule has 3 rings (SSSR count). The summed E-state index contributed by atoms with van der Waals surface area (Å²) in [7, 11) is 0. The van der Waals surface area contributed by atoms with E-state index in [1.54, 1.807) is 17.8 Å². The summed E-state index contributed by atoms with van der Waals surface area (Å²) in [6.07, 6.45) is 1.12. The molecule has 7 heteroatoms. The van der Waals surface area contributed by atoms with Gasteiger partial charge in [-0.2, -0.15) is 0 Å². The van der Waals surface area contributed by atoms with Crippen molar-refractivity contribution >= 4 is 11.2 Å². The smallest absolute Gasteiger partial charge is 0.279 e. The van der Waals surface area contributed by atoms with E-state index in [0.29, 0.717) is 17.0 Å². The van der Waals surface area contributed by atoms with Crippen LogP contribution in [0.4, 0.5) is 0 Å². The predicted octanol–water partition coefficient (Wildman–Crippen LogP) is 0.590. The Bertz CT molecular complexity index is 692. The van der Waals surface area contributed by atoms with Gasteiger partial charge >= 0.3 is 0 Å². The second-order valence-electron chi connectivity index (χ2n) is 5.44. The number of nitrogens with one attached hydrogen (secondary N) is 1. The number of aromatic amines is 1. The second-order valence-corrected chi connectivity index (χ2v) is 5.44. The first-order chi connectivity index (χ1) is 9.52. The second kappa shape index (κ2) is 4.68. The van der Waals surface area contributed by atoms with Crippen LogP contribution in [-0.2, 0) is 4.74 Å². The maximum Gasteiger partial charge on any atom is 0.279 e. The van der Waals surface area contributed by atoms with Crippen molar-refractivity contribution in [2.45, 2.75) is 33.1 Å². The number of H-pyrrole nitrogens is 1. The van der Waals surface area contributed by atoms with Crippen LogP contribution < -0.4 is 5.56 Å². The zero-order valence-corrected chi connectivity index (χ0v) is 11.7. The van der Waals surface area contributed by atoms with Crippen molar-refractivity contribution in [3.8, 4) is 0 Å². The van der Waals surface area contributed by atoms with Crippen molar-refractivity contribution in [2.75, 3.05) is 6.61 Å². The normalized spacial score (nSPS) is 30.2. The largest absolute Gasteiger partial charge is 0.394 e. The fourth-order valence-corrected chi connectivity index (χ4v) is 2.78. The van der Waals surface area contributed by atoms with E-state index in [4.69, 9.17) is 4.74 Å². The summed E-state index contributed by atoms with van der Waals surface area (Å²) < 4.78 is 7.67.